The molecule has 5 nitrogen and oxygen atoms in total. The minimum absolute atomic E-state index is 0.298. The van der Waals surface area contributed by atoms with Gasteiger partial charge in [0.1, 0.15) is 25.2 Å². The van der Waals surface area contributed by atoms with Crippen molar-refractivity contribution in [2.75, 3.05) is 13.7 Å². The normalized spacial score (nSPS) is 18.8. The largest absolute Gasteiger partial charge is 0.492 e. The molecule has 1 aliphatic rings. The van der Waals surface area contributed by atoms with Gasteiger partial charge in [-0.2, -0.15) is 0 Å². The first kappa shape index (κ1) is 15.8. The van der Waals surface area contributed by atoms with Crippen LogP contribution in [0.25, 0.3) is 0 Å². The van der Waals surface area contributed by atoms with Crippen LogP contribution in [0, 0.1) is 12.8 Å². The summed E-state index contributed by atoms with van der Waals surface area (Å²) in [4.78, 5) is 16.1. The summed E-state index contributed by atoms with van der Waals surface area (Å²) < 4.78 is 11.1. The fraction of sp³-hybridized carbons (Fsp3) is 0.294. The first-order valence-electron chi connectivity index (χ1n) is 6.98. The van der Waals surface area contributed by atoms with Gasteiger partial charge in [-0.15, -0.1) is 0 Å². The third-order valence-electron chi connectivity index (χ3n) is 3.19. The first-order valence-corrected chi connectivity index (χ1v) is 6.98. The van der Waals surface area contributed by atoms with Crippen LogP contribution in [0.15, 0.2) is 53.4 Å². The van der Waals surface area contributed by atoms with E-state index in [-0.39, 0.29) is 11.9 Å². The third-order valence-corrected chi connectivity index (χ3v) is 3.19. The maximum atomic E-state index is 11.3. The standard InChI is InChI=1S/C17H19NO4/c1-12-7-4-5-9-16(12)21-11-14-15(18-20-3)8-6-10-17(14)22-13(2)19/h4-10,14H,11H2,1-3H3. The van der Waals surface area contributed by atoms with Gasteiger partial charge in [-0.3, -0.25) is 4.79 Å². The highest BCUT2D eigenvalue weighted by Gasteiger charge is 2.26. The zero-order valence-corrected chi connectivity index (χ0v) is 12.9. The van der Waals surface area contributed by atoms with Crippen molar-refractivity contribution >= 4 is 11.7 Å². The number of para-hydroxylation sites is 1. The molecule has 0 aliphatic heterocycles. The van der Waals surface area contributed by atoms with Crippen molar-refractivity contribution in [3.8, 4) is 5.75 Å². The third kappa shape index (κ3) is 3.97. The van der Waals surface area contributed by atoms with E-state index >= 15 is 0 Å². The van der Waals surface area contributed by atoms with Gasteiger partial charge in [-0.05, 0) is 30.7 Å². The van der Waals surface area contributed by atoms with Crippen molar-refractivity contribution in [2.24, 2.45) is 11.1 Å². The summed E-state index contributed by atoms with van der Waals surface area (Å²) in [5, 5.41) is 3.98. The molecule has 0 aromatic heterocycles. The fourth-order valence-corrected chi connectivity index (χ4v) is 2.15. The topological polar surface area (TPSA) is 57.1 Å². The highest BCUT2D eigenvalue weighted by atomic mass is 16.6. The Morgan fingerprint density at radius 1 is 1.32 bits per heavy atom. The van der Waals surface area contributed by atoms with Gasteiger partial charge in [0.2, 0.25) is 0 Å². The Bertz CT molecular complexity index is 631. The van der Waals surface area contributed by atoms with E-state index in [0.717, 1.165) is 11.3 Å². The Hall–Kier alpha value is -2.56. The van der Waals surface area contributed by atoms with Crippen LogP contribution >= 0.6 is 0 Å². The van der Waals surface area contributed by atoms with Crippen LogP contribution in [-0.4, -0.2) is 25.4 Å². The summed E-state index contributed by atoms with van der Waals surface area (Å²) in [5.41, 5.74) is 1.69. The predicted molar refractivity (Wildman–Crippen MR) is 83.6 cm³/mol. The first-order chi connectivity index (χ1) is 10.6. The summed E-state index contributed by atoms with van der Waals surface area (Å²) in [6.07, 6.45) is 5.31. The van der Waals surface area contributed by atoms with E-state index in [9.17, 15) is 4.79 Å². The van der Waals surface area contributed by atoms with E-state index in [1.54, 1.807) is 12.2 Å². The second-order valence-electron chi connectivity index (χ2n) is 4.85. The van der Waals surface area contributed by atoms with Gasteiger partial charge in [0.15, 0.2) is 0 Å². The van der Waals surface area contributed by atoms with Crippen molar-refractivity contribution in [3.63, 3.8) is 0 Å². The summed E-state index contributed by atoms with van der Waals surface area (Å²) >= 11 is 0. The maximum Gasteiger partial charge on any atom is 0.307 e. The molecule has 1 aromatic rings. The second-order valence-corrected chi connectivity index (χ2v) is 4.85. The molecule has 116 valence electrons. The van der Waals surface area contributed by atoms with Crippen LogP contribution in [0.2, 0.25) is 0 Å². The van der Waals surface area contributed by atoms with Gasteiger partial charge in [-0.1, -0.05) is 29.4 Å². The summed E-state index contributed by atoms with van der Waals surface area (Å²) in [5.74, 6) is 0.614. The van der Waals surface area contributed by atoms with Gasteiger partial charge >= 0.3 is 5.97 Å². The molecular weight excluding hydrogens is 282 g/mol. The molecule has 0 saturated carbocycles. The molecule has 0 amide bonds. The number of hydrogen-bond donors (Lipinski definition) is 0. The molecule has 0 saturated heterocycles. The van der Waals surface area contributed by atoms with Crippen LogP contribution in [0.3, 0.4) is 0 Å². The van der Waals surface area contributed by atoms with Crippen LogP contribution in [0.4, 0.5) is 0 Å². The van der Waals surface area contributed by atoms with Gasteiger partial charge in [0, 0.05) is 6.92 Å². The van der Waals surface area contributed by atoms with Gasteiger partial charge in [0.25, 0.3) is 0 Å². The van der Waals surface area contributed by atoms with Crippen molar-refractivity contribution in [1.29, 1.82) is 0 Å². The Balaban J connectivity index is 2.17. The van der Waals surface area contributed by atoms with Crippen molar-refractivity contribution in [1.82, 2.24) is 0 Å². The lowest BCUT2D eigenvalue weighted by Gasteiger charge is -2.22. The summed E-state index contributed by atoms with van der Waals surface area (Å²) in [6, 6.07) is 7.74. The minimum atomic E-state index is -0.376. The fourth-order valence-electron chi connectivity index (χ4n) is 2.15. The molecule has 0 spiro atoms. The quantitative estimate of drug-likeness (QED) is 0.619. The molecule has 1 unspecified atom stereocenters. The number of hydrogen-bond acceptors (Lipinski definition) is 5. The molecule has 0 N–H and O–H groups in total. The van der Waals surface area contributed by atoms with Gasteiger partial charge in [0.05, 0.1) is 11.6 Å². The molecule has 22 heavy (non-hydrogen) atoms. The van der Waals surface area contributed by atoms with Crippen molar-refractivity contribution in [3.05, 3.63) is 53.8 Å². The zero-order valence-electron chi connectivity index (χ0n) is 12.9. The molecule has 0 fully saturated rings. The number of carbonyl (C=O) groups excluding carboxylic acids is 1. The number of rotatable bonds is 5. The number of esters is 1. The lowest BCUT2D eigenvalue weighted by Crippen LogP contribution is -2.27. The molecular formula is C17H19NO4. The number of nitrogens with zero attached hydrogens (tertiary/aromatic N) is 1. The Morgan fingerprint density at radius 3 is 2.77 bits per heavy atom. The highest BCUT2D eigenvalue weighted by Crippen LogP contribution is 2.24. The molecule has 0 radical (unpaired) electrons. The Kier molecular flexibility index (Phi) is 5.36. The van der Waals surface area contributed by atoms with E-state index < -0.39 is 0 Å². The predicted octanol–water partition coefficient (Wildman–Crippen LogP) is 3.01. The van der Waals surface area contributed by atoms with Gasteiger partial charge in [-0.25, -0.2) is 0 Å². The number of aryl methyl sites for hydroxylation is 1. The summed E-state index contributed by atoms with van der Waals surface area (Å²) in [7, 11) is 1.48. The molecule has 5 heteroatoms. The average molecular weight is 301 g/mol. The van der Waals surface area contributed by atoms with Crippen molar-refractivity contribution in [2.45, 2.75) is 13.8 Å². The van der Waals surface area contributed by atoms with Crippen LogP contribution in [0.5, 0.6) is 5.75 Å². The van der Waals surface area contributed by atoms with Crippen molar-refractivity contribution < 1.29 is 19.1 Å². The molecule has 1 aliphatic carbocycles. The molecule has 1 aromatic carbocycles. The van der Waals surface area contributed by atoms with E-state index in [2.05, 4.69) is 5.16 Å². The molecule has 0 heterocycles. The highest BCUT2D eigenvalue weighted by molar-refractivity contribution is 5.99. The number of benzene rings is 1. The molecule has 2 rings (SSSR count). The van der Waals surface area contributed by atoms with Crippen LogP contribution in [0.1, 0.15) is 12.5 Å². The smallest absolute Gasteiger partial charge is 0.307 e. The lowest BCUT2D eigenvalue weighted by atomic mass is 9.97. The molecule has 0 bridgehead atoms. The Labute approximate surface area is 129 Å². The van der Waals surface area contributed by atoms with Crippen LogP contribution in [-0.2, 0) is 14.4 Å². The summed E-state index contributed by atoms with van der Waals surface area (Å²) in [6.45, 7) is 3.64. The van der Waals surface area contributed by atoms with Crippen LogP contribution < -0.4 is 4.74 Å². The van der Waals surface area contributed by atoms with E-state index in [1.807, 2.05) is 37.3 Å². The lowest BCUT2D eigenvalue weighted by molar-refractivity contribution is -0.137. The van der Waals surface area contributed by atoms with E-state index in [0.29, 0.717) is 18.1 Å². The molecule has 1 atom stereocenters. The Morgan fingerprint density at radius 2 is 2.09 bits per heavy atom. The second kappa shape index (κ2) is 7.45. The monoisotopic (exact) mass is 301 g/mol. The maximum absolute atomic E-state index is 11.3. The number of ether oxygens (including phenoxy) is 2. The number of carbonyl (C=O) groups is 1. The van der Waals surface area contributed by atoms with E-state index in [4.69, 9.17) is 14.3 Å². The number of oxime groups is 1. The SMILES string of the molecule is CON=C1C=CC=C(OC(C)=O)C1COc1ccccc1C. The zero-order chi connectivity index (χ0) is 15.9. The minimum Gasteiger partial charge on any atom is -0.492 e. The number of allylic oxidation sites excluding steroid dienone is 3. The van der Waals surface area contributed by atoms with E-state index in [1.165, 1.54) is 14.0 Å². The van der Waals surface area contributed by atoms with Gasteiger partial charge < -0.3 is 14.3 Å². The average Bonchev–Trinajstić information content (AvgIpc) is 2.48.